The van der Waals surface area contributed by atoms with Gasteiger partial charge in [0.25, 0.3) is 0 Å². The molecule has 1 heterocycles. The molecule has 0 bridgehead atoms. The van der Waals surface area contributed by atoms with Gasteiger partial charge in [0.05, 0.1) is 0 Å². The van der Waals surface area contributed by atoms with E-state index in [0.717, 1.165) is 17.3 Å². The van der Waals surface area contributed by atoms with Crippen LogP contribution in [0.5, 0.6) is 0 Å². The fourth-order valence-electron chi connectivity index (χ4n) is 2.90. The van der Waals surface area contributed by atoms with Gasteiger partial charge in [-0.1, -0.05) is 22.4 Å². The van der Waals surface area contributed by atoms with Gasteiger partial charge in [0.2, 0.25) is 0 Å². The van der Waals surface area contributed by atoms with E-state index in [1.165, 1.54) is 30.0 Å². The third-order valence-corrected chi connectivity index (χ3v) is 4.46. The van der Waals surface area contributed by atoms with Crippen LogP contribution in [0.1, 0.15) is 42.0 Å². The Labute approximate surface area is 126 Å². The van der Waals surface area contributed by atoms with Crippen molar-refractivity contribution in [2.45, 2.75) is 38.3 Å². The molecular weight excluding hydrogens is 319 g/mol. The van der Waals surface area contributed by atoms with E-state index < -0.39 is 0 Å². The summed E-state index contributed by atoms with van der Waals surface area (Å²) in [5, 5.41) is 0. The van der Waals surface area contributed by atoms with Gasteiger partial charge in [-0.25, -0.2) is 4.39 Å². The number of nitrogens with two attached hydrogens (primary N) is 1. The fraction of sp³-hybridized carbons (Fsp3) is 0.375. The molecule has 2 nitrogen and oxygen atoms in total. The molecule has 1 unspecified atom stereocenters. The van der Waals surface area contributed by atoms with Crippen molar-refractivity contribution in [3.8, 4) is 0 Å². The Morgan fingerprint density at radius 1 is 1.30 bits per heavy atom. The Kier molecular flexibility index (Phi) is 3.94. The average molecular weight is 337 g/mol. The molecular formula is C16H18BrFN2. The fourth-order valence-corrected chi connectivity index (χ4v) is 3.31. The molecule has 0 aliphatic heterocycles. The van der Waals surface area contributed by atoms with Crippen LogP contribution in [-0.4, -0.2) is 4.57 Å². The van der Waals surface area contributed by atoms with Crippen LogP contribution in [0.15, 0.2) is 35.1 Å². The van der Waals surface area contributed by atoms with Gasteiger partial charge in [-0.3, -0.25) is 0 Å². The van der Waals surface area contributed by atoms with Crippen molar-refractivity contribution in [3.05, 3.63) is 57.6 Å². The lowest BCUT2D eigenvalue weighted by atomic mass is 10.1. The summed E-state index contributed by atoms with van der Waals surface area (Å²) in [6.07, 6.45) is 8.72. The third-order valence-electron chi connectivity index (χ3n) is 3.97. The zero-order chi connectivity index (χ0) is 14.1. The monoisotopic (exact) mass is 336 g/mol. The summed E-state index contributed by atoms with van der Waals surface area (Å²) in [5.41, 5.74) is 9.46. The average Bonchev–Trinajstić information content (AvgIpc) is 2.74. The molecule has 1 aromatic carbocycles. The Morgan fingerprint density at radius 3 is 3.00 bits per heavy atom. The normalized spacial score (nSPS) is 18.6. The van der Waals surface area contributed by atoms with E-state index in [1.54, 1.807) is 6.07 Å². The van der Waals surface area contributed by atoms with Crippen LogP contribution >= 0.6 is 15.9 Å². The molecule has 0 fully saturated rings. The van der Waals surface area contributed by atoms with Gasteiger partial charge < -0.3 is 10.3 Å². The number of nitrogens with zero attached hydrogens (tertiary/aromatic N) is 1. The van der Waals surface area contributed by atoms with Crippen molar-refractivity contribution >= 4 is 15.9 Å². The van der Waals surface area contributed by atoms with Crippen molar-refractivity contribution in [2.75, 3.05) is 0 Å². The molecule has 0 saturated heterocycles. The SMILES string of the molecule is NC1CCCCc2cn(Cc3cc(Br)ccc3F)cc21. The van der Waals surface area contributed by atoms with Crippen LogP contribution in [0.25, 0.3) is 0 Å². The number of hydrogen-bond donors (Lipinski definition) is 1. The standard InChI is InChI=1S/C16H18BrFN2/c17-13-5-6-15(18)12(7-13)9-20-8-11-3-1-2-4-16(19)14(11)10-20/h5-8,10,16H,1-4,9,19H2. The van der Waals surface area contributed by atoms with E-state index in [2.05, 4.69) is 32.9 Å². The van der Waals surface area contributed by atoms with E-state index in [4.69, 9.17) is 5.73 Å². The second-order valence-electron chi connectivity index (χ2n) is 5.50. The zero-order valence-corrected chi connectivity index (χ0v) is 12.9. The van der Waals surface area contributed by atoms with Crippen LogP contribution in [0.2, 0.25) is 0 Å². The highest BCUT2D eigenvalue weighted by Gasteiger charge is 2.17. The van der Waals surface area contributed by atoms with Crippen LogP contribution in [0, 0.1) is 5.82 Å². The predicted octanol–water partition coefficient (Wildman–Crippen LogP) is 4.16. The Morgan fingerprint density at radius 2 is 2.15 bits per heavy atom. The maximum Gasteiger partial charge on any atom is 0.128 e. The summed E-state index contributed by atoms with van der Waals surface area (Å²) in [6, 6.07) is 5.18. The van der Waals surface area contributed by atoms with Gasteiger partial charge in [0.1, 0.15) is 5.82 Å². The highest BCUT2D eigenvalue weighted by atomic mass is 79.9. The number of halogens is 2. The van der Waals surface area contributed by atoms with Gasteiger partial charge in [-0.05, 0) is 48.6 Å². The maximum atomic E-state index is 13.8. The lowest BCUT2D eigenvalue weighted by Gasteiger charge is -2.08. The topological polar surface area (TPSA) is 30.9 Å². The molecule has 1 aromatic heterocycles. The summed E-state index contributed by atoms with van der Waals surface area (Å²) < 4.78 is 16.8. The Balaban J connectivity index is 1.88. The van der Waals surface area contributed by atoms with Crippen molar-refractivity contribution in [2.24, 2.45) is 5.73 Å². The van der Waals surface area contributed by atoms with Crippen molar-refractivity contribution < 1.29 is 4.39 Å². The first-order valence-corrected chi connectivity index (χ1v) is 7.81. The number of hydrogen-bond acceptors (Lipinski definition) is 1. The van der Waals surface area contributed by atoms with Crippen molar-refractivity contribution in [1.82, 2.24) is 4.57 Å². The predicted molar refractivity (Wildman–Crippen MR) is 82.1 cm³/mol. The summed E-state index contributed by atoms with van der Waals surface area (Å²) in [6.45, 7) is 0.547. The smallest absolute Gasteiger partial charge is 0.128 e. The summed E-state index contributed by atoms with van der Waals surface area (Å²) in [7, 11) is 0. The van der Waals surface area contributed by atoms with E-state index in [0.29, 0.717) is 12.1 Å². The minimum atomic E-state index is -0.165. The highest BCUT2D eigenvalue weighted by molar-refractivity contribution is 9.10. The van der Waals surface area contributed by atoms with E-state index in [9.17, 15) is 4.39 Å². The first-order valence-electron chi connectivity index (χ1n) is 7.01. The number of benzene rings is 1. The van der Waals surface area contributed by atoms with E-state index in [1.807, 2.05) is 6.07 Å². The minimum absolute atomic E-state index is 0.126. The largest absolute Gasteiger partial charge is 0.349 e. The molecule has 0 radical (unpaired) electrons. The minimum Gasteiger partial charge on any atom is -0.349 e. The highest BCUT2D eigenvalue weighted by Crippen LogP contribution is 2.28. The molecule has 106 valence electrons. The number of rotatable bonds is 2. The second-order valence-corrected chi connectivity index (χ2v) is 6.41. The zero-order valence-electron chi connectivity index (χ0n) is 11.3. The molecule has 0 spiro atoms. The molecule has 2 N–H and O–H groups in total. The molecule has 20 heavy (non-hydrogen) atoms. The van der Waals surface area contributed by atoms with Gasteiger partial charge in [0, 0.05) is 35.0 Å². The maximum absolute atomic E-state index is 13.8. The molecule has 3 rings (SSSR count). The summed E-state index contributed by atoms with van der Waals surface area (Å²) >= 11 is 3.39. The third kappa shape index (κ3) is 2.81. The number of aromatic nitrogens is 1. The van der Waals surface area contributed by atoms with E-state index in [-0.39, 0.29) is 11.9 Å². The molecule has 0 saturated carbocycles. The van der Waals surface area contributed by atoms with Crippen LogP contribution in [0.4, 0.5) is 4.39 Å². The van der Waals surface area contributed by atoms with Crippen LogP contribution in [-0.2, 0) is 13.0 Å². The molecule has 1 aliphatic carbocycles. The van der Waals surface area contributed by atoms with E-state index >= 15 is 0 Å². The summed E-state index contributed by atoms with van der Waals surface area (Å²) in [4.78, 5) is 0. The molecule has 4 heteroatoms. The first kappa shape index (κ1) is 13.8. The van der Waals surface area contributed by atoms with Crippen molar-refractivity contribution in [3.63, 3.8) is 0 Å². The van der Waals surface area contributed by atoms with Crippen LogP contribution < -0.4 is 5.73 Å². The van der Waals surface area contributed by atoms with Gasteiger partial charge in [-0.2, -0.15) is 0 Å². The quantitative estimate of drug-likeness (QED) is 0.820. The van der Waals surface area contributed by atoms with Crippen molar-refractivity contribution in [1.29, 1.82) is 0 Å². The number of fused-ring (bicyclic) bond motifs is 1. The second kappa shape index (κ2) is 5.70. The molecule has 1 aliphatic rings. The lowest BCUT2D eigenvalue weighted by Crippen LogP contribution is -2.09. The van der Waals surface area contributed by atoms with Gasteiger partial charge in [-0.15, -0.1) is 0 Å². The molecule has 2 aromatic rings. The molecule has 1 atom stereocenters. The molecule has 0 amide bonds. The Bertz CT molecular complexity index is 621. The first-order chi connectivity index (χ1) is 9.63. The van der Waals surface area contributed by atoms with Gasteiger partial charge in [0.15, 0.2) is 0 Å². The number of aryl methyl sites for hydroxylation is 1. The summed E-state index contributed by atoms with van der Waals surface area (Å²) in [5.74, 6) is -0.165. The van der Waals surface area contributed by atoms with Crippen LogP contribution in [0.3, 0.4) is 0 Å². The Hall–Kier alpha value is -1.13. The van der Waals surface area contributed by atoms with Gasteiger partial charge >= 0.3 is 0 Å². The lowest BCUT2D eigenvalue weighted by molar-refractivity contribution is 0.594.